The van der Waals surface area contributed by atoms with E-state index >= 15 is 0 Å². The fourth-order valence-electron chi connectivity index (χ4n) is 4.93. The fraction of sp³-hybridized carbons (Fsp3) is 0.345. The molecule has 190 valence electrons. The molecule has 0 saturated heterocycles. The molecule has 0 aromatic heterocycles. The van der Waals surface area contributed by atoms with E-state index < -0.39 is 10.0 Å². The molecule has 3 aromatic carbocycles. The van der Waals surface area contributed by atoms with Gasteiger partial charge in [0.05, 0.1) is 5.02 Å². The molecule has 1 fully saturated rings. The number of amides is 1. The van der Waals surface area contributed by atoms with E-state index in [1.165, 1.54) is 5.56 Å². The maximum atomic E-state index is 13.7. The molecule has 0 radical (unpaired) electrons. The largest absolute Gasteiger partial charge is 0.338 e. The van der Waals surface area contributed by atoms with E-state index in [0.717, 1.165) is 43.2 Å². The van der Waals surface area contributed by atoms with Gasteiger partial charge < -0.3 is 4.90 Å². The third-order valence-corrected chi connectivity index (χ3v) is 9.34. The van der Waals surface area contributed by atoms with Crippen molar-refractivity contribution in [3.63, 3.8) is 0 Å². The number of sulfonamides is 1. The first-order valence-corrected chi connectivity index (χ1v) is 14.2. The Morgan fingerprint density at radius 1 is 0.833 bits per heavy atom. The zero-order valence-corrected chi connectivity index (χ0v) is 22.2. The molecule has 4 rings (SSSR count). The van der Waals surface area contributed by atoms with Crippen molar-refractivity contribution in [1.29, 1.82) is 0 Å². The van der Waals surface area contributed by atoms with Crippen molar-refractivity contribution in [2.45, 2.75) is 56.6 Å². The summed E-state index contributed by atoms with van der Waals surface area (Å²) in [4.78, 5) is 13.9. The normalized spacial score (nSPS) is 18.2. The van der Waals surface area contributed by atoms with Crippen molar-refractivity contribution in [1.82, 2.24) is 9.21 Å². The average Bonchev–Trinajstić information content (AvgIpc) is 2.89. The molecule has 0 atom stereocenters. The number of hydrogen-bond donors (Lipinski definition) is 0. The summed E-state index contributed by atoms with van der Waals surface area (Å²) in [5, 5.41) is 0.233. The summed E-state index contributed by atoms with van der Waals surface area (Å²) in [5.41, 5.74) is 3.26. The summed E-state index contributed by atoms with van der Waals surface area (Å²) in [6.07, 6.45) is 4.41. The van der Waals surface area contributed by atoms with Crippen LogP contribution in [0, 0.1) is 12.8 Å². The van der Waals surface area contributed by atoms with Crippen molar-refractivity contribution in [2.24, 2.45) is 5.92 Å². The first-order valence-electron chi connectivity index (χ1n) is 12.4. The van der Waals surface area contributed by atoms with E-state index in [9.17, 15) is 13.2 Å². The molecule has 7 heteroatoms. The highest BCUT2D eigenvalue weighted by atomic mass is 35.5. The number of rotatable bonds is 10. The molecule has 0 aliphatic heterocycles. The Morgan fingerprint density at radius 3 is 2.08 bits per heavy atom. The van der Waals surface area contributed by atoms with Gasteiger partial charge in [-0.25, -0.2) is 8.42 Å². The molecule has 1 amide bonds. The van der Waals surface area contributed by atoms with Gasteiger partial charge in [-0.3, -0.25) is 4.79 Å². The Balaban J connectivity index is 1.45. The van der Waals surface area contributed by atoms with Gasteiger partial charge in [-0.2, -0.15) is 4.31 Å². The molecule has 0 spiro atoms. The third kappa shape index (κ3) is 6.55. The van der Waals surface area contributed by atoms with Crippen molar-refractivity contribution in [3.8, 4) is 0 Å². The van der Waals surface area contributed by atoms with Crippen LogP contribution >= 0.6 is 11.6 Å². The minimum absolute atomic E-state index is 0.140. The number of nitrogens with zero attached hydrogens (tertiary/aromatic N) is 2. The van der Waals surface area contributed by atoms with Gasteiger partial charge in [-0.15, -0.1) is 0 Å². The van der Waals surface area contributed by atoms with Crippen LogP contribution in [0.25, 0.3) is 0 Å². The summed E-state index contributed by atoms with van der Waals surface area (Å²) in [6.45, 7) is 3.37. The number of hydrogen-bond acceptors (Lipinski definition) is 3. The predicted octanol–water partition coefficient (Wildman–Crippen LogP) is 6.06. The van der Waals surface area contributed by atoms with Crippen LogP contribution in [-0.2, 0) is 27.9 Å². The maximum Gasteiger partial charge on any atom is 0.244 e. The number of halogens is 1. The van der Waals surface area contributed by atoms with Crippen LogP contribution in [0.3, 0.4) is 0 Å². The van der Waals surface area contributed by atoms with Gasteiger partial charge in [-0.05, 0) is 61.8 Å². The number of benzene rings is 3. The van der Waals surface area contributed by atoms with E-state index in [-0.39, 0.29) is 21.9 Å². The van der Waals surface area contributed by atoms with Crippen molar-refractivity contribution < 1.29 is 13.2 Å². The second-order valence-corrected chi connectivity index (χ2v) is 12.0. The molecular formula is C29H33ClN2O3S. The molecular weight excluding hydrogens is 492 g/mol. The van der Waals surface area contributed by atoms with E-state index in [1.54, 1.807) is 28.6 Å². The minimum atomic E-state index is -3.77. The molecule has 5 nitrogen and oxygen atoms in total. The summed E-state index contributed by atoms with van der Waals surface area (Å²) in [7, 11) is -3.77. The van der Waals surface area contributed by atoms with E-state index in [1.807, 2.05) is 35.2 Å². The topological polar surface area (TPSA) is 57.7 Å². The summed E-state index contributed by atoms with van der Waals surface area (Å²) in [6, 6.07) is 24.7. The smallest absolute Gasteiger partial charge is 0.244 e. The van der Waals surface area contributed by atoms with Gasteiger partial charge in [0.25, 0.3) is 0 Å². The zero-order chi connectivity index (χ0) is 25.5. The van der Waals surface area contributed by atoms with Gasteiger partial charge in [0.2, 0.25) is 16.4 Å². The summed E-state index contributed by atoms with van der Waals surface area (Å²) >= 11 is 6.30. The molecule has 0 unspecified atom stereocenters. The van der Waals surface area contributed by atoms with E-state index in [2.05, 4.69) is 31.2 Å². The Kier molecular flexibility index (Phi) is 8.83. The van der Waals surface area contributed by atoms with Crippen LogP contribution < -0.4 is 0 Å². The van der Waals surface area contributed by atoms with Crippen LogP contribution in [0.4, 0.5) is 0 Å². The molecule has 36 heavy (non-hydrogen) atoms. The van der Waals surface area contributed by atoms with Gasteiger partial charge in [0, 0.05) is 25.7 Å². The van der Waals surface area contributed by atoms with Crippen LogP contribution in [0.1, 0.15) is 42.4 Å². The molecule has 0 N–H and O–H groups in total. The number of aryl methyl sites for hydroxylation is 1. The molecule has 3 aromatic rings. The van der Waals surface area contributed by atoms with E-state index in [4.69, 9.17) is 11.6 Å². The SMILES string of the molecule is Cc1ccc(CN(C=O)C2CCC(CN(Cc3ccccc3)S(=O)(=O)c3ccccc3Cl)CC2)cc1. The molecule has 1 aliphatic rings. The second kappa shape index (κ2) is 12.0. The van der Waals surface area contributed by atoms with Crippen LogP contribution in [-0.4, -0.2) is 36.6 Å². The molecule has 0 heterocycles. The molecule has 1 aliphatic carbocycles. The Morgan fingerprint density at radius 2 is 1.44 bits per heavy atom. The lowest BCUT2D eigenvalue weighted by atomic mass is 9.85. The Bertz CT molecular complexity index is 1240. The van der Waals surface area contributed by atoms with Crippen LogP contribution in [0.5, 0.6) is 0 Å². The Labute approximate surface area is 219 Å². The van der Waals surface area contributed by atoms with Gasteiger partial charge in [0.1, 0.15) is 4.90 Å². The first-order chi connectivity index (χ1) is 17.4. The zero-order valence-electron chi connectivity index (χ0n) is 20.6. The van der Waals surface area contributed by atoms with Crippen molar-refractivity contribution in [3.05, 3.63) is 101 Å². The lowest BCUT2D eigenvalue weighted by Gasteiger charge is -2.36. The quantitative estimate of drug-likeness (QED) is 0.303. The number of carbonyl (C=O) groups excluding carboxylic acids is 1. The highest BCUT2D eigenvalue weighted by Crippen LogP contribution is 2.32. The lowest BCUT2D eigenvalue weighted by Crippen LogP contribution is -2.40. The second-order valence-electron chi connectivity index (χ2n) is 9.65. The van der Waals surface area contributed by atoms with Crippen LogP contribution in [0.2, 0.25) is 5.02 Å². The monoisotopic (exact) mass is 524 g/mol. The number of carbonyl (C=O) groups is 1. The molecule has 1 saturated carbocycles. The maximum absolute atomic E-state index is 13.7. The van der Waals surface area contributed by atoms with Crippen LogP contribution in [0.15, 0.2) is 83.8 Å². The highest BCUT2D eigenvalue weighted by molar-refractivity contribution is 7.89. The van der Waals surface area contributed by atoms with Gasteiger partial charge >= 0.3 is 0 Å². The first kappa shape index (κ1) is 26.4. The third-order valence-electron chi connectivity index (χ3n) is 7.02. The molecule has 0 bridgehead atoms. The summed E-state index contributed by atoms with van der Waals surface area (Å²) < 4.78 is 28.9. The Hall–Kier alpha value is -2.67. The van der Waals surface area contributed by atoms with E-state index in [0.29, 0.717) is 19.6 Å². The minimum Gasteiger partial charge on any atom is -0.338 e. The fourth-order valence-corrected chi connectivity index (χ4v) is 6.93. The summed E-state index contributed by atoms with van der Waals surface area (Å²) in [5.74, 6) is 0.218. The average molecular weight is 525 g/mol. The lowest BCUT2D eigenvalue weighted by molar-refractivity contribution is -0.121. The predicted molar refractivity (Wildman–Crippen MR) is 144 cm³/mol. The standard InChI is InChI=1S/C29H33ClN2O3S/c1-23-11-13-25(14-12-23)19-31(22-33)27-17-15-26(16-18-27)21-32(20-24-7-3-2-4-8-24)36(34,35)29-10-6-5-9-28(29)30/h2-14,22,26-27H,15-21H2,1H3. The van der Waals surface area contributed by atoms with Crippen molar-refractivity contribution in [2.75, 3.05) is 6.54 Å². The van der Waals surface area contributed by atoms with Crippen molar-refractivity contribution >= 4 is 28.0 Å². The van der Waals surface area contributed by atoms with Gasteiger partial charge in [0.15, 0.2) is 0 Å². The highest BCUT2D eigenvalue weighted by Gasteiger charge is 2.32. The van der Waals surface area contributed by atoms with Gasteiger partial charge in [-0.1, -0.05) is 83.9 Å².